The zero-order valence-corrected chi connectivity index (χ0v) is 10.2. The molecule has 1 aromatic rings. The van der Waals surface area contributed by atoms with Crippen LogP contribution in [0.1, 0.15) is 37.7 Å². The molecule has 98 valence electrons. The fraction of sp³-hybridized carbons (Fsp3) is 0.500. The summed E-state index contributed by atoms with van der Waals surface area (Å²) in [4.78, 5) is 10.8. The summed E-state index contributed by atoms with van der Waals surface area (Å²) in [7, 11) is 0. The van der Waals surface area contributed by atoms with Crippen LogP contribution in [0.3, 0.4) is 0 Å². The van der Waals surface area contributed by atoms with Gasteiger partial charge in [0.1, 0.15) is 0 Å². The van der Waals surface area contributed by atoms with Gasteiger partial charge in [0.25, 0.3) is 0 Å². The Morgan fingerprint density at radius 1 is 1.44 bits per heavy atom. The van der Waals surface area contributed by atoms with E-state index in [2.05, 4.69) is 0 Å². The van der Waals surface area contributed by atoms with Gasteiger partial charge in [-0.3, -0.25) is 4.79 Å². The first-order valence-electron chi connectivity index (χ1n) is 6.20. The number of carboxylic acids is 1. The largest absolute Gasteiger partial charge is 0.481 e. The number of carbonyl (C=O) groups is 1. The number of halogens is 2. The lowest BCUT2D eigenvalue weighted by Gasteiger charge is -2.15. The Morgan fingerprint density at radius 3 is 2.67 bits per heavy atom. The van der Waals surface area contributed by atoms with E-state index in [1.807, 2.05) is 6.92 Å². The Hall–Kier alpha value is -1.45. The minimum atomic E-state index is -0.844. The van der Waals surface area contributed by atoms with E-state index in [0.29, 0.717) is 6.42 Å². The molecule has 1 aromatic carbocycles. The Kier molecular flexibility index (Phi) is 3.64. The molecule has 1 aliphatic carbocycles. The fourth-order valence-corrected chi connectivity index (χ4v) is 2.48. The van der Waals surface area contributed by atoms with Crippen molar-refractivity contribution in [1.29, 1.82) is 0 Å². The highest BCUT2D eigenvalue weighted by Gasteiger charge is 2.43. The second kappa shape index (κ2) is 5.04. The maximum Gasteiger partial charge on any atom is 0.306 e. The summed E-state index contributed by atoms with van der Waals surface area (Å²) < 4.78 is 26.0. The molecular formula is C14H16F2O2. The second-order valence-corrected chi connectivity index (χ2v) is 4.95. The normalized spacial score (nSPS) is 23.7. The van der Waals surface area contributed by atoms with Crippen molar-refractivity contribution in [2.24, 2.45) is 11.8 Å². The van der Waals surface area contributed by atoms with Gasteiger partial charge in [-0.05, 0) is 48.8 Å². The molecule has 1 saturated carbocycles. The molecule has 0 amide bonds. The molecule has 1 aliphatic rings. The Bertz CT molecular complexity index is 459. The minimum absolute atomic E-state index is 0.106. The zero-order valence-electron chi connectivity index (χ0n) is 10.2. The van der Waals surface area contributed by atoms with Crippen molar-refractivity contribution in [2.75, 3.05) is 0 Å². The van der Waals surface area contributed by atoms with Crippen LogP contribution in [0.25, 0.3) is 0 Å². The topological polar surface area (TPSA) is 37.3 Å². The Balaban J connectivity index is 2.05. The molecule has 0 saturated heterocycles. The Morgan fingerprint density at radius 2 is 2.17 bits per heavy atom. The van der Waals surface area contributed by atoms with Gasteiger partial charge in [-0.25, -0.2) is 8.78 Å². The summed E-state index contributed by atoms with van der Waals surface area (Å²) in [6.07, 6.45) is 2.24. The van der Waals surface area contributed by atoms with E-state index >= 15 is 0 Å². The lowest BCUT2D eigenvalue weighted by molar-refractivity contribution is -0.138. The first-order valence-corrected chi connectivity index (χ1v) is 6.20. The summed E-state index contributed by atoms with van der Waals surface area (Å²) in [5, 5.41) is 8.85. The molecule has 0 bridgehead atoms. The van der Waals surface area contributed by atoms with Crippen LogP contribution in [-0.2, 0) is 4.79 Å². The molecule has 0 spiro atoms. The smallest absolute Gasteiger partial charge is 0.306 e. The molecule has 0 aliphatic heterocycles. The third kappa shape index (κ3) is 2.68. The first-order chi connectivity index (χ1) is 8.52. The van der Waals surface area contributed by atoms with Gasteiger partial charge < -0.3 is 5.11 Å². The molecule has 0 heterocycles. The fourth-order valence-electron chi connectivity index (χ4n) is 2.48. The monoisotopic (exact) mass is 254 g/mol. The van der Waals surface area contributed by atoms with E-state index < -0.39 is 17.6 Å². The highest BCUT2D eigenvalue weighted by atomic mass is 19.2. The van der Waals surface area contributed by atoms with E-state index in [0.717, 1.165) is 24.5 Å². The summed E-state index contributed by atoms with van der Waals surface area (Å²) in [5.74, 6) is -2.39. The van der Waals surface area contributed by atoms with Crippen LogP contribution < -0.4 is 0 Å². The molecule has 1 N–H and O–H groups in total. The van der Waals surface area contributed by atoms with Crippen molar-refractivity contribution in [3.8, 4) is 0 Å². The van der Waals surface area contributed by atoms with E-state index in [9.17, 15) is 13.6 Å². The van der Waals surface area contributed by atoms with E-state index in [1.165, 1.54) is 6.07 Å². The van der Waals surface area contributed by atoms with Gasteiger partial charge >= 0.3 is 5.97 Å². The molecule has 2 nitrogen and oxygen atoms in total. The van der Waals surface area contributed by atoms with Crippen molar-refractivity contribution in [1.82, 2.24) is 0 Å². The average molecular weight is 254 g/mol. The van der Waals surface area contributed by atoms with E-state index in [-0.39, 0.29) is 17.8 Å². The van der Waals surface area contributed by atoms with Gasteiger partial charge in [0.15, 0.2) is 11.6 Å². The molecule has 3 atom stereocenters. The zero-order chi connectivity index (χ0) is 13.3. The van der Waals surface area contributed by atoms with Crippen molar-refractivity contribution < 1.29 is 18.7 Å². The molecule has 1 fully saturated rings. The third-order valence-electron chi connectivity index (χ3n) is 3.73. The highest BCUT2D eigenvalue weighted by molar-refractivity contribution is 5.73. The number of benzene rings is 1. The summed E-state index contributed by atoms with van der Waals surface area (Å²) >= 11 is 0. The van der Waals surface area contributed by atoms with Crippen molar-refractivity contribution >= 4 is 5.97 Å². The van der Waals surface area contributed by atoms with Gasteiger partial charge in [0.05, 0.1) is 5.92 Å². The van der Waals surface area contributed by atoms with Crippen molar-refractivity contribution in [3.05, 3.63) is 35.4 Å². The van der Waals surface area contributed by atoms with Gasteiger partial charge in [-0.15, -0.1) is 0 Å². The highest BCUT2D eigenvalue weighted by Crippen LogP contribution is 2.46. The summed E-state index contributed by atoms with van der Waals surface area (Å²) in [6, 6.07) is 3.95. The molecule has 0 radical (unpaired) electrons. The molecule has 4 heteroatoms. The van der Waals surface area contributed by atoms with Gasteiger partial charge in [0, 0.05) is 0 Å². The van der Waals surface area contributed by atoms with Crippen LogP contribution in [0.2, 0.25) is 0 Å². The minimum Gasteiger partial charge on any atom is -0.481 e. The van der Waals surface area contributed by atoms with Crippen LogP contribution in [0, 0.1) is 23.5 Å². The van der Waals surface area contributed by atoms with Gasteiger partial charge in [-0.2, -0.15) is 0 Å². The van der Waals surface area contributed by atoms with E-state index in [4.69, 9.17) is 5.11 Å². The predicted molar refractivity (Wildman–Crippen MR) is 63.2 cm³/mol. The van der Waals surface area contributed by atoms with Crippen LogP contribution in [-0.4, -0.2) is 11.1 Å². The average Bonchev–Trinajstić information content (AvgIpc) is 3.09. The van der Waals surface area contributed by atoms with Crippen molar-refractivity contribution in [2.45, 2.75) is 32.1 Å². The lowest BCUT2D eigenvalue weighted by atomic mass is 9.90. The van der Waals surface area contributed by atoms with Crippen LogP contribution in [0.15, 0.2) is 18.2 Å². The van der Waals surface area contributed by atoms with E-state index in [1.54, 1.807) is 6.07 Å². The number of aliphatic carboxylic acids is 1. The maximum atomic E-state index is 13.2. The maximum absolute atomic E-state index is 13.2. The lowest BCUT2D eigenvalue weighted by Crippen LogP contribution is -2.04. The molecule has 2 rings (SSSR count). The molecule has 18 heavy (non-hydrogen) atoms. The van der Waals surface area contributed by atoms with Gasteiger partial charge in [-0.1, -0.05) is 13.0 Å². The SMILES string of the molecule is CCC(CC1CC1C(=O)O)c1ccc(F)c(F)c1. The Labute approximate surface area is 105 Å². The number of rotatable bonds is 5. The predicted octanol–water partition coefficient (Wildman–Crippen LogP) is 3.57. The molecular weight excluding hydrogens is 238 g/mol. The number of carboxylic acid groups (broad SMARTS) is 1. The standard InChI is InChI=1S/C14H16F2O2/c1-2-8(5-10-6-11(10)14(17)18)9-3-4-12(15)13(16)7-9/h3-4,7-8,10-11H,2,5-6H2,1H3,(H,17,18). The van der Waals surface area contributed by atoms with Gasteiger partial charge in [0.2, 0.25) is 0 Å². The number of hydrogen-bond donors (Lipinski definition) is 1. The summed E-state index contributed by atoms with van der Waals surface area (Å²) in [5.41, 5.74) is 0.757. The van der Waals surface area contributed by atoms with Crippen LogP contribution >= 0.6 is 0 Å². The molecule has 3 unspecified atom stereocenters. The van der Waals surface area contributed by atoms with Crippen LogP contribution in [0.4, 0.5) is 8.78 Å². The van der Waals surface area contributed by atoms with Crippen molar-refractivity contribution in [3.63, 3.8) is 0 Å². The number of hydrogen-bond acceptors (Lipinski definition) is 1. The third-order valence-corrected chi connectivity index (χ3v) is 3.73. The molecule has 0 aromatic heterocycles. The van der Waals surface area contributed by atoms with Crippen LogP contribution in [0.5, 0.6) is 0 Å². The first kappa shape index (κ1) is 13.0. The second-order valence-electron chi connectivity index (χ2n) is 4.95. The quantitative estimate of drug-likeness (QED) is 0.872. The summed E-state index contributed by atoms with van der Waals surface area (Å²) in [6.45, 7) is 1.98.